The number of anilines is 1. The largest absolute Gasteiger partial charge is 0.466 e. The Kier molecular flexibility index (Phi) is 7.08. The summed E-state index contributed by atoms with van der Waals surface area (Å²) in [6, 6.07) is 21.4. The summed E-state index contributed by atoms with van der Waals surface area (Å²) in [5.41, 5.74) is -0.534. The van der Waals surface area contributed by atoms with Crippen molar-refractivity contribution in [3.8, 4) is 0 Å². The highest BCUT2D eigenvalue weighted by Crippen LogP contribution is 2.64. The number of carbonyl (C=O) groups excluding carboxylic acids is 3. The average molecular weight is 557 g/mol. The van der Waals surface area contributed by atoms with Crippen LogP contribution < -0.4 is 5.32 Å². The fraction of sp³-hybridized carbons (Fsp3) is 0.424. The maximum absolute atomic E-state index is 14.4. The number of benzene rings is 3. The first-order chi connectivity index (χ1) is 19.9. The van der Waals surface area contributed by atoms with Crippen molar-refractivity contribution in [3.05, 3.63) is 78.4 Å². The molecule has 1 spiro atoms. The minimum absolute atomic E-state index is 0.186. The second kappa shape index (κ2) is 10.6. The van der Waals surface area contributed by atoms with Gasteiger partial charge in [-0.3, -0.25) is 14.4 Å². The molecular formula is C33H36N2O6. The summed E-state index contributed by atoms with van der Waals surface area (Å²) in [7, 11) is 0. The van der Waals surface area contributed by atoms with Crippen molar-refractivity contribution >= 4 is 34.2 Å². The van der Waals surface area contributed by atoms with Gasteiger partial charge in [0, 0.05) is 5.69 Å². The highest BCUT2D eigenvalue weighted by atomic mass is 16.6. The molecule has 8 nitrogen and oxygen atoms in total. The molecule has 3 fully saturated rings. The Bertz CT molecular complexity index is 1480. The highest BCUT2D eigenvalue weighted by molar-refractivity contribution is 6.04. The minimum atomic E-state index is -1.20. The van der Waals surface area contributed by atoms with Crippen LogP contribution in [0.5, 0.6) is 0 Å². The van der Waals surface area contributed by atoms with E-state index in [0.29, 0.717) is 31.4 Å². The van der Waals surface area contributed by atoms with Crippen molar-refractivity contribution in [2.45, 2.75) is 62.8 Å². The predicted molar refractivity (Wildman–Crippen MR) is 154 cm³/mol. The van der Waals surface area contributed by atoms with Gasteiger partial charge in [0.15, 0.2) is 0 Å². The van der Waals surface area contributed by atoms with E-state index in [1.165, 1.54) is 4.90 Å². The molecule has 0 saturated carbocycles. The third kappa shape index (κ3) is 4.32. The van der Waals surface area contributed by atoms with E-state index in [1.54, 1.807) is 6.92 Å². The molecule has 214 valence electrons. The molecule has 3 aliphatic heterocycles. The van der Waals surface area contributed by atoms with Gasteiger partial charge in [0.05, 0.1) is 30.8 Å². The number of carbonyl (C=O) groups is 3. The zero-order valence-electron chi connectivity index (χ0n) is 23.4. The van der Waals surface area contributed by atoms with Crippen molar-refractivity contribution in [1.82, 2.24) is 4.90 Å². The predicted octanol–water partition coefficient (Wildman–Crippen LogP) is 4.10. The zero-order chi connectivity index (χ0) is 28.8. The maximum Gasteiger partial charge on any atom is 0.312 e. The molecule has 6 rings (SSSR count). The third-order valence-electron chi connectivity index (χ3n) is 9.34. The quantitative estimate of drug-likeness (QED) is 0.385. The van der Waals surface area contributed by atoms with Gasteiger partial charge in [-0.2, -0.15) is 0 Å². The van der Waals surface area contributed by atoms with E-state index in [1.807, 2.05) is 79.7 Å². The summed E-state index contributed by atoms with van der Waals surface area (Å²) in [6.07, 6.45) is 1.89. The summed E-state index contributed by atoms with van der Waals surface area (Å²) in [5.74, 6) is -2.88. The SMILES string of the molecule is CCOC(=O)[C@@H]1[C@H]2C(=O)N([C@@H](CO)Cc3ccccc3)C(C(=O)Nc3ccc4ccccc4c3)C23CC[C@@]1(CC)O3. The van der Waals surface area contributed by atoms with Crippen molar-refractivity contribution in [2.24, 2.45) is 11.8 Å². The van der Waals surface area contributed by atoms with Gasteiger partial charge in [0.25, 0.3) is 0 Å². The fourth-order valence-corrected chi connectivity index (χ4v) is 7.55. The molecule has 6 atom stereocenters. The lowest BCUT2D eigenvalue weighted by atomic mass is 9.65. The Morgan fingerprint density at radius 2 is 1.78 bits per heavy atom. The topological polar surface area (TPSA) is 105 Å². The van der Waals surface area contributed by atoms with Crippen LogP contribution in [-0.4, -0.2) is 64.3 Å². The Morgan fingerprint density at radius 1 is 1.05 bits per heavy atom. The number of ether oxygens (including phenoxy) is 2. The van der Waals surface area contributed by atoms with E-state index in [-0.39, 0.29) is 25.0 Å². The standard InChI is InChI=1S/C33H36N2O6/c1-3-32-16-17-33(41-32)26(27(32)31(39)40-4-2)30(38)35(25(20-36)18-21-10-6-5-7-11-21)28(33)29(37)34-24-15-14-22-12-8-9-13-23(22)19-24/h5-15,19,25-28,36H,3-4,16-18,20H2,1-2H3,(H,34,37)/t25-,26+,27+,28?,32-,33?/m1/s1. The smallest absolute Gasteiger partial charge is 0.312 e. The zero-order valence-corrected chi connectivity index (χ0v) is 23.4. The van der Waals surface area contributed by atoms with Gasteiger partial charge < -0.3 is 24.8 Å². The normalized spacial score (nSPS) is 29.0. The lowest BCUT2D eigenvalue weighted by molar-refractivity contribution is -0.161. The Hall–Kier alpha value is -3.75. The van der Waals surface area contributed by atoms with Gasteiger partial charge in [-0.1, -0.05) is 67.6 Å². The van der Waals surface area contributed by atoms with Crippen molar-refractivity contribution in [1.29, 1.82) is 0 Å². The van der Waals surface area contributed by atoms with E-state index in [4.69, 9.17) is 9.47 Å². The molecule has 3 heterocycles. The molecule has 0 radical (unpaired) electrons. The number of fused-ring (bicyclic) bond motifs is 2. The van der Waals surface area contributed by atoms with Crippen molar-refractivity contribution < 1.29 is 29.0 Å². The van der Waals surface area contributed by atoms with E-state index in [9.17, 15) is 19.5 Å². The van der Waals surface area contributed by atoms with E-state index < -0.39 is 41.1 Å². The molecule has 0 aromatic heterocycles. The van der Waals surface area contributed by atoms with E-state index >= 15 is 0 Å². The van der Waals surface area contributed by atoms with Gasteiger partial charge in [0.2, 0.25) is 11.8 Å². The first-order valence-electron chi connectivity index (χ1n) is 14.5. The van der Waals surface area contributed by atoms with Crippen LogP contribution in [0.3, 0.4) is 0 Å². The van der Waals surface area contributed by atoms with Crippen LogP contribution in [0.2, 0.25) is 0 Å². The number of nitrogens with one attached hydrogen (secondary N) is 1. The number of aliphatic hydroxyl groups excluding tert-OH is 1. The average Bonchev–Trinajstić information content (AvgIpc) is 3.60. The number of nitrogens with zero attached hydrogens (tertiary/aromatic N) is 1. The Balaban J connectivity index is 1.42. The number of hydrogen-bond donors (Lipinski definition) is 2. The molecule has 3 aromatic carbocycles. The number of aliphatic hydroxyl groups is 1. The molecular weight excluding hydrogens is 520 g/mol. The first kappa shape index (κ1) is 27.4. The molecule has 2 unspecified atom stereocenters. The molecule has 3 aromatic rings. The summed E-state index contributed by atoms with van der Waals surface area (Å²) < 4.78 is 12.3. The molecule has 0 aliphatic carbocycles. The van der Waals surface area contributed by atoms with Crippen LogP contribution in [0.25, 0.3) is 10.8 Å². The van der Waals surface area contributed by atoms with Crippen molar-refractivity contribution in [2.75, 3.05) is 18.5 Å². The van der Waals surface area contributed by atoms with Crippen LogP contribution in [0.15, 0.2) is 72.8 Å². The Labute approximate surface area is 239 Å². The van der Waals surface area contributed by atoms with Gasteiger partial charge in [-0.15, -0.1) is 0 Å². The van der Waals surface area contributed by atoms with Gasteiger partial charge >= 0.3 is 5.97 Å². The van der Waals surface area contributed by atoms with Crippen LogP contribution >= 0.6 is 0 Å². The lowest BCUT2D eigenvalue weighted by Crippen LogP contribution is -2.57. The van der Waals surface area contributed by atoms with E-state index in [0.717, 1.165) is 16.3 Å². The second-order valence-electron chi connectivity index (χ2n) is 11.4. The molecule has 3 aliphatic rings. The second-order valence-corrected chi connectivity index (χ2v) is 11.4. The fourth-order valence-electron chi connectivity index (χ4n) is 7.55. The summed E-state index contributed by atoms with van der Waals surface area (Å²) in [4.78, 5) is 43.6. The summed E-state index contributed by atoms with van der Waals surface area (Å²) >= 11 is 0. The first-order valence-corrected chi connectivity index (χ1v) is 14.5. The maximum atomic E-state index is 14.4. The number of amides is 2. The van der Waals surface area contributed by atoms with Gasteiger partial charge in [-0.05, 0) is 61.1 Å². The molecule has 3 saturated heterocycles. The van der Waals surface area contributed by atoms with Crippen LogP contribution in [0.1, 0.15) is 38.7 Å². The molecule has 2 N–H and O–H groups in total. The number of rotatable bonds is 9. The third-order valence-corrected chi connectivity index (χ3v) is 9.34. The molecule has 2 amide bonds. The summed E-state index contributed by atoms with van der Waals surface area (Å²) in [6.45, 7) is 3.54. The summed E-state index contributed by atoms with van der Waals surface area (Å²) in [5, 5.41) is 15.7. The lowest BCUT2D eigenvalue weighted by Gasteiger charge is -2.37. The molecule has 2 bridgehead atoms. The molecule has 41 heavy (non-hydrogen) atoms. The number of esters is 1. The number of hydrogen-bond acceptors (Lipinski definition) is 6. The van der Waals surface area contributed by atoms with Crippen LogP contribution in [0.4, 0.5) is 5.69 Å². The highest BCUT2D eigenvalue weighted by Gasteiger charge is 2.79. The Morgan fingerprint density at radius 3 is 2.49 bits per heavy atom. The van der Waals surface area contributed by atoms with Crippen LogP contribution in [-0.2, 0) is 30.3 Å². The van der Waals surface area contributed by atoms with Crippen molar-refractivity contribution in [3.63, 3.8) is 0 Å². The van der Waals surface area contributed by atoms with Gasteiger partial charge in [-0.25, -0.2) is 0 Å². The monoisotopic (exact) mass is 556 g/mol. The van der Waals surface area contributed by atoms with E-state index in [2.05, 4.69) is 5.32 Å². The van der Waals surface area contributed by atoms with Gasteiger partial charge in [0.1, 0.15) is 17.6 Å². The molecule has 8 heteroatoms. The van der Waals surface area contributed by atoms with Crippen LogP contribution in [0, 0.1) is 11.8 Å². The number of likely N-dealkylation sites (tertiary alicyclic amines) is 1. The minimum Gasteiger partial charge on any atom is -0.466 e.